The Morgan fingerprint density at radius 3 is 2.76 bits per heavy atom. The SMILES string of the molecule is COc1cc(C(C)=NNC(=O)c2ccc(Br)o2)ccc1O. The first-order valence-corrected chi connectivity index (χ1v) is 6.78. The number of hydrogen-bond donors (Lipinski definition) is 2. The molecule has 21 heavy (non-hydrogen) atoms. The van der Waals surface area contributed by atoms with Gasteiger partial charge in [0, 0.05) is 5.56 Å². The largest absolute Gasteiger partial charge is 0.504 e. The second kappa shape index (κ2) is 6.45. The Balaban J connectivity index is 2.12. The Kier molecular flexibility index (Phi) is 4.64. The Morgan fingerprint density at radius 2 is 2.14 bits per heavy atom. The van der Waals surface area contributed by atoms with Gasteiger partial charge in [0.1, 0.15) is 0 Å². The fourth-order valence-corrected chi connectivity index (χ4v) is 1.90. The van der Waals surface area contributed by atoms with E-state index in [0.717, 1.165) is 0 Å². The van der Waals surface area contributed by atoms with Crippen LogP contribution in [0.5, 0.6) is 11.5 Å². The zero-order valence-corrected chi connectivity index (χ0v) is 13.0. The number of hydrogen-bond acceptors (Lipinski definition) is 5. The van der Waals surface area contributed by atoms with Crippen molar-refractivity contribution in [3.63, 3.8) is 0 Å². The molecule has 0 fully saturated rings. The number of hydrazone groups is 1. The van der Waals surface area contributed by atoms with E-state index in [1.165, 1.54) is 19.2 Å². The molecule has 0 aliphatic carbocycles. The fraction of sp³-hybridized carbons (Fsp3) is 0.143. The Labute approximate surface area is 129 Å². The molecule has 0 atom stereocenters. The number of aromatic hydroxyl groups is 1. The minimum atomic E-state index is -0.453. The maximum absolute atomic E-state index is 11.8. The molecule has 0 saturated carbocycles. The van der Waals surface area contributed by atoms with E-state index in [2.05, 4.69) is 26.5 Å². The molecular weight excluding hydrogens is 340 g/mol. The van der Waals surface area contributed by atoms with Crippen molar-refractivity contribution in [1.82, 2.24) is 5.43 Å². The summed E-state index contributed by atoms with van der Waals surface area (Å²) in [5.74, 6) is 0.0781. The average molecular weight is 353 g/mol. The summed E-state index contributed by atoms with van der Waals surface area (Å²) >= 11 is 3.12. The van der Waals surface area contributed by atoms with Crippen LogP contribution in [0.2, 0.25) is 0 Å². The number of phenolic OH excluding ortho intramolecular Hbond substituents is 1. The molecule has 2 N–H and O–H groups in total. The summed E-state index contributed by atoms with van der Waals surface area (Å²) in [6, 6.07) is 7.96. The van der Waals surface area contributed by atoms with E-state index in [-0.39, 0.29) is 11.5 Å². The lowest BCUT2D eigenvalue weighted by Crippen LogP contribution is -2.18. The van der Waals surface area contributed by atoms with Crippen LogP contribution in [0.25, 0.3) is 0 Å². The van der Waals surface area contributed by atoms with Crippen molar-refractivity contribution >= 4 is 27.5 Å². The highest BCUT2D eigenvalue weighted by atomic mass is 79.9. The van der Waals surface area contributed by atoms with Gasteiger partial charge >= 0.3 is 5.91 Å². The van der Waals surface area contributed by atoms with Gasteiger partial charge < -0.3 is 14.3 Å². The van der Waals surface area contributed by atoms with Gasteiger partial charge in [-0.2, -0.15) is 5.10 Å². The molecule has 0 radical (unpaired) electrons. The highest BCUT2D eigenvalue weighted by Crippen LogP contribution is 2.26. The van der Waals surface area contributed by atoms with Crippen molar-refractivity contribution in [2.75, 3.05) is 7.11 Å². The quantitative estimate of drug-likeness (QED) is 0.654. The number of furan rings is 1. The van der Waals surface area contributed by atoms with Crippen molar-refractivity contribution in [3.05, 3.63) is 46.3 Å². The molecule has 6 nitrogen and oxygen atoms in total. The number of nitrogens with zero attached hydrogens (tertiary/aromatic N) is 1. The van der Waals surface area contributed by atoms with Gasteiger partial charge in [-0.25, -0.2) is 5.43 Å². The molecule has 0 aliphatic rings. The summed E-state index contributed by atoms with van der Waals surface area (Å²) in [6.45, 7) is 1.73. The summed E-state index contributed by atoms with van der Waals surface area (Å²) < 4.78 is 10.6. The van der Waals surface area contributed by atoms with E-state index < -0.39 is 5.91 Å². The highest BCUT2D eigenvalue weighted by molar-refractivity contribution is 9.10. The van der Waals surface area contributed by atoms with E-state index >= 15 is 0 Å². The van der Waals surface area contributed by atoms with E-state index in [0.29, 0.717) is 21.7 Å². The van der Waals surface area contributed by atoms with E-state index in [4.69, 9.17) is 9.15 Å². The molecule has 0 aliphatic heterocycles. The number of carbonyl (C=O) groups excluding carboxylic acids is 1. The van der Waals surface area contributed by atoms with Crippen LogP contribution >= 0.6 is 15.9 Å². The molecule has 1 aromatic heterocycles. The van der Waals surface area contributed by atoms with Crippen LogP contribution in [0.1, 0.15) is 23.0 Å². The van der Waals surface area contributed by atoms with Crippen molar-refractivity contribution < 1.29 is 19.1 Å². The van der Waals surface area contributed by atoms with Crippen LogP contribution in [-0.4, -0.2) is 23.8 Å². The molecule has 0 saturated heterocycles. The predicted octanol–water partition coefficient (Wildman–Crippen LogP) is 2.91. The van der Waals surface area contributed by atoms with Crippen molar-refractivity contribution in [3.8, 4) is 11.5 Å². The summed E-state index contributed by atoms with van der Waals surface area (Å²) in [6.07, 6.45) is 0. The first-order valence-electron chi connectivity index (χ1n) is 5.98. The van der Waals surface area contributed by atoms with Crippen molar-refractivity contribution in [2.24, 2.45) is 5.10 Å². The second-order valence-electron chi connectivity index (χ2n) is 4.13. The van der Waals surface area contributed by atoms with E-state index in [1.54, 1.807) is 25.1 Å². The molecule has 2 rings (SSSR count). The lowest BCUT2D eigenvalue weighted by Gasteiger charge is -2.06. The first kappa shape index (κ1) is 15.1. The normalized spacial score (nSPS) is 11.3. The summed E-state index contributed by atoms with van der Waals surface area (Å²) in [5, 5.41) is 13.5. The number of nitrogens with one attached hydrogen (secondary N) is 1. The molecule has 0 unspecified atom stereocenters. The Bertz CT molecular complexity index is 694. The van der Waals surface area contributed by atoms with Crippen LogP contribution in [0.15, 0.2) is 44.5 Å². The van der Waals surface area contributed by atoms with Crippen LogP contribution in [0, 0.1) is 0 Å². The molecule has 1 amide bonds. The number of phenols is 1. The number of methoxy groups -OCH3 is 1. The van der Waals surface area contributed by atoms with Crippen LogP contribution in [0.4, 0.5) is 0 Å². The third-order valence-electron chi connectivity index (χ3n) is 2.72. The molecule has 0 spiro atoms. The van der Waals surface area contributed by atoms with Crippen LogP contribution < -0.4 is 10.2 Å². The van der Waals surface area contributed by atoms with Crippen molar-refractivity contribution in [1.29, 1.82) is 0 Å². The van der Waals surface area contributed by atoms with Crippen LogP contribution in [0.3, 0.4) is 0 Å². The third kappa shape index (κ3) is 3.63. The van der Waals surface area contributed by atoms with Gasteiger partial charge in [0.05, 0.1) is 12.8 Å². The summed E-state index contributed by atoms with van der Waals surface area (Å²) in [5.41, 5.74) is 3.67. The monoisotopic (exact) mass is 352 g/mol. The summed E-state index contributed by atoms with van der Waals surface area (Å²) in [7, 11) is 1.46. The number of amides is 1. The molecular formula is C14H13BrN2O4. The van der Waals surface area contributed by atoms with Gasteiger partial charge in [-0.15, -0.1) is 0 Å². The minimum Gasteiger partial charge on any atom is -0.504 e. The predicted molar refractivity (Wildman–Crippen MR) is 80.7 cm³/mol. The van der Waals surface area contributed by atoms with Crippen LogP contribution in [-0.2, 0) is 0 Å². The molecule has 1 aromatic carbocycles. The Morgan fingerprint density at radius 1 is 1.38 bits per heavy atom. The van der Waals surface area contributed by atoms with Gasteiger partial charge in [-0.1, -0.05) is 0 Å². The minimum absolute atomic E-state index is 0.0403. The van der Waals surface area contributed by atoms with E-state index in [9.17, 15) is 9.90 Å². The van der Waals surface area contributed by atoms with Gasteiger partial charge in [-0.3, -0.25) is 4.79 Å². The molecule has 0 bridgehead atoms. The topological polar surface area (TPSA) is 84.1 Å². The zero-order valence-electron chi connectivity index (χ0n) is 11.4. The van der Waals surface area contributed by atoms with Gasteiger partial charge in [0.15, 0.2) is 21.9 Å². The maximum Gasteiger partial charge on any atom is 0.307 e. The second-order valence-corrected chi connectivity index (χ2v) is 4.91. The number of rotatable bonds is 4. The molecule has 1 heterocycles. The number of ether oxygens (including phenoxy) is 1. The zero-order chi connectivity index (χ0) is 15.4. The maximum atomic E-state index is 11.8. The molecule has 7 heteroatoms. The fourth-order valence-electron chi connectivity index (χ4n) is 1.59. The first-order chi connectivity index (χ1) is 10.0. The Hall–Kier alpha value is -2.28. The number of halogens is 1. The molecule has 110 valence electrons. The number of benzene rings is 1. The molecule has 2 aromatic rings. The van der Waals surface area contributed by atoms with Gasteiger partial charge in [0.2, 0.25) is 0 Å². The highest BCUT2D eigenvalue weighted by Gasteiger charge is 2.10. The summed E-state index contributed by atoms with van der Waals surface area (Å²) in [4.78, 5) is 11.8. The average Bonchev–Trinajstić information content (AvgIpc) is 2.91. The van der Waals surface area contributed by atoms with E-state index in [1.807, 2.05) is 0 Å². The standard InChI is InChI=1S/C14H13BrN2O4/c1-8(9-3-4-10(18)12(7-9)20-2)16-17-14(19)11-5-6-13(15)21-11/h3-7,18H,1-2H3,(H,17,19). The van der Waals surface area contributed by atoms with Crippen molar-refractivity contribution in [2.45, 2.75) is 6.92 Å². The van der Waals surface area contributed by atoms with Gasteiger partial charge in [-0.05, 0) is 53.2 Å². The lowest BCUT2D eigenvalue weighted by molar-refractivity contribution is 0.0926. The van der Waals surface area contributed by atoms with Gasteiger partial charge in [0.25, 0.3) is 0 Å². The lowest BCUT2D eigenvalue weighted by atomic mass is 10.1. The third-order valence-corrected chi connectivity index (χ3v) is 3.15. The smallest absolute Gasteiger partial charge is 0.307 e. The number of carbonyl (C=O) groups is 1.